The highest BCUT2D eigenvalue weighted by molar-refractivity contribution is 6.74. The van der Waals surface area contributed by atoms with Gasteiger partial charge in [-0.1, -0.05) is 48.5 Å². The lowest BCUT2D eigenvalue weighted by molar-refractivity contribution is -0.166. The second-order valence-corrected chi connectivity index (χ2v) is 14.3. The maximum Gasteiger partial charge on any atom is 0.442 e. The molecule has 0 saturated heterocycles. The lowest BCUT2D eigenvalue weighted by Gasteiger charge is -2.38. The lowest BCUT2D eigenvalue weighted by atomic mass is 9.88. The number of rotatable bonds is 5. The Bertz CT molecular complexity index is 712. The molecule has 7 heteroatoms. The van der Waals surface area contributed by atoms with Crippen LogP contribution in [0.3, 0.4) is 0 Å². The van der Waals surface area contributed by atoms with E-state index in [9.17, 15) is 13.2 Å². The smallest absolute Gasteiger partial charge is 0.442 e. The molecule has 152 valence electrons. The Kier molecular flexibility index (Phi) is 5.36. The SMILES string of the molecule is CC(C)c1cc(C2(C(F)(F)F)N=N2)cc(C(C)C)c1O[Si](C)(C)C(C)(C)C. The van der Waals surface area contributed by atoms with Crippen LogP contribution in [-0.2, 0) is 5.66 Å². The molecule has 0 fully saturated rings. The fraction of sp³-hybridized carbons (Fsp3) is 0.700. The predicted octanol–water partition coefficient (Wildman–Crippen LogP) is 7.50. The van der Waals surface area contributed by atoms with Gasteiger partial charge in [0.15, 0.2) is 0 Å². The molecule has 2 rings (SSSR count). The van der Waals surface area contributed by atoms with Crippen molar-refractivity contribution < 1.29 is 17.6 Å². The van der Waals surface area contributed by atoms with Crippen molar-refractivity contribution in [3.8, 4) is 5.75 Å². The van der Waals surface area contributed by atoms with Crippen LogP contribution in [0.2, 0.25) is 18.1 Å². The molecule has 0 atom stereocenters. The van der Waals surface area contributed by atoms with Crippen molar-refractivity contribution in [1.82, 2.24) is 0 Å². The quantitative estimate of drug-likeness (QED) is 0.471. The van der Waals surface area contributed by atoms with E-state index >= 15 is 0 Å². The molecule has 0 aliphatic carbocycles. The van der Waals surface area contributed by atoms with E-state index < -0.39 is 20.2 Å². The van der Waals surface area contributed by atoms with Gasteiger partial charge < -0.3 is 4.43 Å². The van der Waals surface area contributed by atoms with Crippen LogP contribution in [0.4, 0.5) is 13.2 Å². The standard InChI is InChI=1S/C20H31F3N2OSi/c1-12(2)15-10-14(19(24-25-19)20(21,22)23)11-16(13(3)4)17(15)26-27(8,9)18(5,6)7/h10-13H,1-9H3. The third-order valence-electron chi connectivity index (χ3n) is 5.65. The van der Waals surface area contributed by atoms with E-state index in [4.69, 9.17) is 4.43 Å². The lowest BCUT2D eigenvalue weighted by Crippen LogP contribution is -2.44. The van der Waals surface area contributed by atoms with Gasteiger partial charge in [-0.15, -0.1) is 10.2 Å². The monoisotopic (exact) mass is 400 g/mol. The first kappa shape index (κ1) is 21.9. The second-order valence-electron chi connectivity index (χ2n) is 9.53. The molecule has 1 aromatic rings. The summed E-state index contributed by atoms with van der Waals surface area (Å²) in [5.41, 5.74) is -0.732. The first-order valence-electron chi connectivity index (χ1n) is 9.41. The van der Waals surface area contributed by atoms with Crippen molar-refractivity contribution in [2.24, 2.45) is 10.2 Å². The molecule has 0 amide bonds. The molecular weight excluding hydrogens is 369 g/mol. The first-order chi connectivity index (χ1) is 12.0. The Morgan fingerprint density at radius 3 is 1.59 bits per heavy atom. The molecule has 0 unspecified atom stereocenters. The van der Waals surface area contributed by atoms with Crippen molar-refractivity contribution >= 4 is 8.32 Å². The van der Waals surface area contributed by atoms with Gasteiger partial charge in [0.1, 0.15) is 5.75 Å². The Labute approximate surface area is 161 Å². The van der Waals surface area contributed by atoms with Crippen LogP contribution in [-0.4, -0.2) is 14.5 Å². The van der Waals surface area contributed by atoms with Crippen molar-refractivity contribution in [2.75, 3.05) is 0 Å². The minimum Gasteiger partial charge on any atom is -0.543 e. The molecule has 3 nitrogen and oxygen atoms in total. The fourth-order valence-corrected chi connectivity index (χ4v) is 3.75. The van der Waals surface area contributed by atoms with Crippen molar-refractivity contribution in [2.45, 2.75) is 90.3 Å². The van der Waals surface area contributed by atoms with E-state index in [1.165, 1.54) is 0 Å². The van der Waals surface area contributed by atoms with Crippen molar-refractivity contribution in [3.63, 3.8) is 0 Å². The molecule has 0 saturated carbocycles. The molecule has 0 bridgehead atoms. The summed E-state index contributed by atoms with van der Waals surface area (Å²) in [6.07, 6.45) is -4.53. The normalized spacial score (nSPS) is 17.0. The van der Waals surface area contributed by atoms with E-state index in [1.54, 1.807) is 12.1 Å². The Morgan fingerprint density at radius 2 is 1.33 bits per heavy atom. The van der Waals surface area contributed by atoms with Crippen molar-refractivity contribution in [3.05, 3.63) is 28.8 Å². The molecule has 1 heterocycles. The summed E-state index contributed by atoms with van der Waals surface area (Å²) in [5, 5.41) is 6.76. The average Bonchev–Trinajstić information content (AvgIpc) is 3.26. The van der Waals surface area contributed by atoms with Crippen LogP contribution in [0.25, 0.3) is 0 Å². The molecule has 0 radical (unpaired) electrons. The maximum atomic E-state index is 13.6. The predicted molar refractivity (Wildman–Crippen MR) is 105 cm³/mol. The maximum absolute atomic E-state index is 13.6. The van der Waals surface area contributed by atoms with Crippen LogP contribution >= 0.6 is 0 Å². The van der Waals surface area contributed by atoms with Crippen LogP contribution in [0, 0.1) is 0 Å². The number of benzene rings is 1. The minimum atomic E-state index is -4.53. The summed E-state index contributed by atoms with van der Waals surface area (Å²) in [7, 11) is -2.15. The molecule has 27 heavy (non-hydrogen) atoms. The zero-order valence-corrected chi connectivity index (χ0v) is 18.7. The van der Waals surface area contributed by atoms with E-state index in [-0.39, 0.29) is 22.4 Å². The van der Waals surface area contributed by atoms with Gasteiger partial charge in [0, 0.05) is 5.56 Å². The summed E-state index contributed by atoms with van der Waals surface area (Å²) >= 11 is 0. The van der Waals surface area contributed by atoms with Crippen LogP contribution in [0.5, 0.6) is 5.75 Å². The molecule has 1 aromatic carbocycles. The molecule has 1 aliphatic heterocycles. The molecule has 1 aliphatic rings. The van der Waals surface area contributed by atoms with Gasteiger partial charge in [-0.25, -0.2) is 0 Å². The minimum absolute atomic E-state index is 0.0114. The Balaban J connectivity index is 2.68. The summed E-state index contributed by atoms with van der Waals surface area (Å²) in [5.74, 6) is 0.783. The second kappa shape index (κ2) is 6.60. The molecular formula is C20H31F3N2OSi. The van der Waals surface area contributed by atoms with Crippen LogP contribution in [0.15, 0.2) is 22.4 Å². The highest BCUT2D eigenvalue weighted by atomic mass is 28.4. The summed E-state index contributed by atoms with van der Waals surface area (Å²) in [4.78, 5) is 0. The van der Waals surface area contributed by atoms with Crippen molar-refractivity contribution in [1.29, 1.82) is 0 Å². The Hall–Kier alpha value is -1.37. The number of hydrogen-bond acceptors (Lipinski definition) is 3. The van der Waals surface area contributed by atoms with E-state index in [0.717, 1.165) is 16.9 Å². The number of nitrogens with zero attached hydrogens (tertiary/aromatic N) is 2. The highest BCUT2D eigenvalue weighted by Crippen LogP contribution is 2.54. The summed E-state index contributed by atoms with van der Waals surface area (Å²) < 4.78 is 47.3. The van der Waals surface area contributed by atoms with Gasteiger partial charge in [0.25, 0.3) is 8.32 Å². The molecule has 0 N–H and O–H groups in total. The number of alkyl halides is 3. The topological polar surface area (TPSA) is 34.0 Å². The van der Waals surface area contributed by atoms with Gasteiger partial charge in [-0.3, -0.25) is 0 Å². The van der Waals surface area contributed by atoms with Gasteiger partial charge in [-0.05, 0) is 53.2 Å². The summed E-state index contributed by atoms with van der Waals surface area (Å²) in [6.45, 7) is 18.7. The third kappa shape index (κ3) is 3.93. The average molecular weight is 401 g/mol. The van der Waals surface area contributed by atoms with Gasteiger partial charge in [0.2, 0.25) is 0 Å². The van der Waals surface area contributed by atoms with Gasteiger partial charge >= 0.3 is 11.8 Å². The zero-order chi connectivity index (χ0) is 21.0. The first-order valence-corrected chi connectivity index (χ1v) is 12.3. The number of halogens is 3. The van der Waals surface area contributed by atoms with Crippen LogP contribution < -0.4 is 4.43 Å². The van der Waals surface area contributed by atoms with E-state index in [2.05, 4.69) is 44.1 Å². The van der Waals surface area contributed by atoms with E-state index in [0.29, 0.717) is 0 Å². The molecule has 0 spiro atoms. The molecule has 0 aromatic heterocycles. The number of hydrogen-bond donors (Lipinski definition) is 0. The largest absolute Gasteiger partial charge is 0.543 e. The Morgan fingerprint density at radius 1 is 0.926 bits per heavy atom. The van der Waals surface area contributed by atoms with E-state index in [1.807, 2.05) is 27.7 Å². The van der Waals surface area contributed by atoms with Gasteiger partial charge in [-0.2, -0.15) is 13.2 Å². The van der Waals surface area contributed by atoms with Gasteiger partial charge in [0.05, 0.1) is 0 Å². The summed E-state index contributed by atoms with van der Waals surface area (Å²) in [6, 6.07) is 3.18. The van der Waals surface area contributed by atoms with Crippen LogP contribution in [0.1, 0.15) is 77.0 Å². The highest BCUT2D eigenvalue weighted by Gasteiger charge is 2.65. The third-order valence-corrected chi connectivity index (χ3v) is 9.98. The zero-order valence-electron chi connectivity index (χ0n) is 17.7. The fourth-order valence-electron chi connectivity index (χ4n) is 2.70.